The first-order chi connectivity index (χ1) is 7.96. The minimum atomic E-state index is 0.108. The molecule has 0 saturated carbocycles. The predicted octanol–water partition coefficient (Wildman–Crippen LogP) is 4.88. The molecule has 0 heterocycles. The Morgan fingerprint density at radius 3 is 2.35 bits per heavy atom. The van der Waals surface area contributed by atoms with Gasteiger partial charge in [0, 0.05) is 10.8 Å². The maximum absolute atomic E-state index is 2.43. The quantitative estimate of drug-likeness (QED) is 0.631. The highest BCUT2D eigenvalue weighted by atomic mass is 14.4. The van der Waals surface area contributed by atoms with Crippen LogP contribution in [0.1, 0.15) is 39.7 Å². The summed E-state index contributed by atoms with van der Waals surface area (Å²) in [5.74, 6) is 0. The number of benzene rings is 1. The van der Waals surface area contributed by atoms with E-state index >= 15 is 0 Å². The first-order valence-electron chi connectivity index (χ1n) is 6.37. The summed E-state index contributed by atoms with van der Waals surface area (Å²) in [5, 5.41) is 0. The fourth-order valence-electron chi connectivity index (χ4n) is 2.66. The fourth-order valence-corrected chi connectivity index (χ4v) is 2.66. The first kappa shape index (κ1) is 12.2. The number of hydrogen-bond donors (Lipinski definition) is 0. The summed E-state index contributed by atoms with van der Waals surface area (Å²) in [4.78, 5) is 0. The molecule has 90 valence electrons. The van der Waals surface area contributed by atoms with Crippen molar-refractivity contribution in [3.05, 3.63) is 59.7 Å². The minimum absolute atomic E-state index is 0.108. The summed E-state index contributed by atoms with van der Waals surface area (Å²) in [6.45, 7) is 9.23. The second kappa shape index (κ2) is 4.18. The van der Waals surface area contributed by atoms with Crippen LogP contribution in [0.5, 0.6) is 0 Å². The van der Waals surface area contributed by atoms with E-state index in [1.165, 1.54) is 11.1 Å². The Balaban J connectivity index is 2.45. The molecule has 0 N–H and O–H groups in total. The molecule has 2 rings (SSSR count). The van der Waals surface area contributed by atoms with Gasteiger partial charge in [-0.15, -0.1) is 0 Å². The lowest BCUT2D eigenvalue weighted by molar-refractivity contribution is 0.304. The van der Waals surface area contributed by atoms with E-state index < -0.39 is 0 Å². The second-order valence-electron chi connectivity index (χ2n) is 5.87. The Morgan fingerprint density at radius 2 is 1.76 bits per heavy atom. The first-order valence-corrected chi connectivity index (χ1v) is 6.37. The molecule has 0 aromatic heterocycles. The summed E-state index contributed by atoms with van der Waals surface area (Å²) < 4.78 is 0. The van der Waals surface area contributed by atoms with Crippen molar-refractivity contribution in [1.82, 2.24) is 0 Å². The van der Waals surface area contributed by atoms with Crippen molar-refractivity contribution in [3.8, 4) is 0 Å². The molecule has 1 atom stereocenters. The van der Waals surface area contributed by atoms with Crippen LogP contribution in [0, 0.1) is 5.41 Å². The maximum atomic E-state index is 2.43. The lowest BCUT2D eigenvalue weighted by Gasteiger charge is -2.42. The summed E-state index contributed by atoms with van der Waals surface area (Å²) in [6.07, 6.45) is 8.20. The molecule has 0 radical (unpaired) electrons. The Bertz CT molecular complexity index is 448. The van der Waals surface area contributed by atoms with Gasteiger partial charge in [-0.25, -0.2) is 0 Å². The molecule has 17 heavy (non-hydrogen) atoms. The maximum Gasteiger partial charge on any atom is 0.0127 e. The van der Waals surface area contributed by atoms with Gasteiger partial charge in [-0.05, 0) is 18.9 Å². The molecule has 1 aromatic carbocycles. The molecule has 0 amide bonds. The van der Waals surface area contributed by atoms with E-state index in [1.54, 1.807) is 0 Å². The Morgan fingerprint density at radius 1 is 1.12 bits per heavy atom. The lowest BCUT2D eigenvalue weighted by atomic mass is 9.61. The third kappa shape index (κ3) is 2.09. The van der Waals surface area contributed by atoms with E-state index in [4.69, 9.17) is 0 Å². The normalized spacial score (nSPS) is 24.6. The van der Waals surface area contributed by atoms with Crippen LogP contribution in [-0.4, -0.2) is 0 Å². The van der Waals surface area contributed by atoms with Crippen molar-refractivity contribution >= 4 is 0 Å². The van der Waals surface area contributed by atoms with Crippen molar-refractivity contribution in [3.63, 3.8) is 0 Å². The molecular weight excluding hydrogens is 204 g/mol. The summed E-state index contributed by atoms with van der Waals surface area (Å²) in [5.41, 5.74) is 3.10. The molecular formula is C17H22. The third-order valence-corrected chi connectivity index (χ3v) is 4.29. The van der Waals surface area contributed by atoms with Crippen molar-refractivity contribution in [1.29, 1.82) is 0 Å². The van der Waals surface area contributed by atoms with E-state index in [9.17, 15) is 0 Å². The van der Waals surface area contributed by atoms with Crippen molar-refractivity contribution in [2.75, 3.05) is 0 Å². The van der Waals surface area contributed by atoms with Gasteiger partial charge in [-0.3, -0.25) is 0 Å². The molecule has 0 heteroatoms. The minimum Gasteiger partial charge on any atom is -0.0836 e. The average molecular weight is 226 g/mol. The standard InChI is InChI=1S/C17H22/c1-14-9-8-12-17(4,13-14)16(2,3)15-10-6-5-7-11-15/h5-8,10-13H,9H2,1-4H3. The highest BCUT2D eigenvalue weighted by molar-refractivity contribution is 5.35. The fraction of sp³-hybridized carbons (Fsp3) is 0.412. The average Bonchev–Trinajstić information content (AvgIpc) is 2.29. The molecule has 0 bridgehead atoms. The topological polar surface area (TPSA) is 0 Å². The molecule has 1 aliphatic carbocycles. The molecule has 0 aliphatic heterocycles. The molecule has 1 aromatic rings. The van der Waals surface area contributed by atoms with E-state index in [2.05, 4.69) is 76.3 Å². The van der Waals surface area contributed by atoms with Crippen LogP contribution < -0.4 is 0 Å². The highest BCUT2D eigenvalue weighted by Gasteiger charge is 2.39. The number of allylic oxidation sites excluding steroid dienone is 4. The van der Waals surface area contributed by atoms with Gasteiger partial charge in [0.25, 0.3) is 0 Å². The van der Waals surface area contributed by atoms with Gasteiger partial charge < -0.3 is 0 Å². The Labute approximate surface area is 105 Å². The van der Waals surface area contributed by atoms with Crippen LogP contribution in [-0.2, 0) is 5.41 Å². The molecule has 0 nitrogen and oxygen atoms in total. The zero-order chi connectivity index (χ0) is 12.5. The van der Waals surface area contributed by atoms with E-state index in [-0.39, 0.29) is 10.8 Å². The van der Waals surface area contributed by atoms with Crippen molar-refractivity contribution in [2.24, 2.45) is 5.41 Å². The van der Waals surface area contributed by atoms with Crippen LogP contribution in [0.15, 0.2) is 54.1 Å². The monoisotopic (exact) mass is 226 g/mol. The second-order valence-corrected chi connectivity index (χ2v) is 5.87. The van der Waals surface area contributed by atoms with Crippen LogP contribution in [0.4, 0.5) is 0 Å². The zero-order valence-electron chi connectivity index (χ0n) is 11.3. The van der Waals surface area contributed by atoms with Gasteiger partial charge in [0.1, 0.15) is 0 Å². The molecule has 1 aliphatic rings. The molecule has 0 saturated heterocycles. The highest BCUT2D eigenvalue weighted by Crippen LogP contribution is 2.46. The van der Waals surface area contributed by atoms with E-state index in [0.717, 1.165) is 6.42 Å². The number of hydrogen-bond acceptors (Lipinski definition) is 0. The smallest absolute Gasteiger partial charge is 0.0127 e. The molecule has 1 unspecified atom stereocenters. The van der Waals surface area contributed by atoms with Gasteiger partial charge in [0.2, 0.25) is 0 Å². The van der Waals surface area contributed by atoms with Crippen molar-refractivity contribution in [2.45, 2.75) is 39.5 Å². The van der Waals surface area contributed by atoms with Gasteiger partial charge in [-0.2, -0.15) is 0 Å². The summed E-state index contributed by atoms with van der Waals surface area (Å²) >= 11 is 0. The van der Waals surface area contributed by atoms with Crippen LogP contribution in [0.2, 0.25) is 0 Å². The zero-order valence-corrected chi connectivity index (χ0v) is 11.3. The summed E-state index contributed by atoms with van der Waals surface area (Å²) in [7, 11) is 0. The van der Waals surface area contributed by atoms with Crippen LogP contribution in [0.25, 0.3) is 0 Å². The largest absolute Gasteiger partial charge is 0.0836 e. The Hall–Kier alpha value is -1.30. The van der Waals surface area contributed by atoms with Gasteiger partial charge in [-0.1, -0.05) is 74.9 Å². The van der Waals surface area contributed by atoms with E-state index in [1.807, 2.05) is 0 Å². The third-order valence-electron chi connectivity index (χ3n) is 4.29. The number of rotatable bonds is 2. The van der Waals surface area contributed by atoms with Crippen LogP contribution in [0.3, 0.4) is 0 Å². The lowest BCUT2D eigenvalue weighted by Crippen LogP contribution is -2.37. The molecule has 0 fully saturated rings. The van der Waals surface area contributed by atoms with Gasteiger partial charge in [0.15, 0.2) is 0 Å². The SMILES string of the molecule is CC1=CC(C)(C(C)(C)c2ccccc2)C=CC1. The Kier molecular flexibility index (Phi) is 2.99. The van der Waals surface area contributed by atoms with Crippen LogP contribution >= 0.6 is 0 Å². The molecule has 0 spiro atoms. The van der Waals surface area contributed by atoms with Crippen molar-refractivity contribution < 1.29 is 0 Å². The van der Waals surface area contributed by atoms with E-state index in [0.29, 0.717) is 0 Å². The summed E-state index contributed by atoms with van der Waals surface area (Å²) in [6, 6.07) is 10.8. The predicted molar refractivity (Wildman–Crippen MR) is 75.1 cm³/mol. The van der Waals surface area contributed by atoms with Gasteiger partial charge >= 0.3 is 0 Å². The van der Waals surface area contributed by atoms with Gasteiger partial charge in [0.05, 0.1) is 0 Å².